The SMILES string of the molecule is CN(C)C(=O)CN=C(NCC1CCCO1)N1CCC(NC(=O)OC(C)(C)C)C1. The van der Waals surface area contributed by atoms with Crippen LogP contribution in [0.4, 0.5) is 4.79 Å². The summed E-state index contributed by atoms with van der Waals surface area (Å²) in [6.07, 6.45) is 2.66. The zero-order chi connectivity index (χ0) is 20.7. The minimum absolute atomic E-state index is 0.0193. The van der Waals surface area contributed by atoms with Gasteiger partial charge in [-0.3, -0.25) is 4.79 Å². The Labute approximate surface area is 167 Å². The number of likely N-dealkylation sites (tertiary alicyclic amines) is 1. The summed E-state index contributed by atoms with van der Waals surface area (Å²) in [7, 11) is 3.43. The van der Waals surface area contributed by atoms with E-state index in [1.807, 2.05) is 20.8 Å². The zero-order valence-electron chi connectivity index (χ0n) is 17.8. The van der Waals surface area contributed by atoms with Crippen molar-refractivity contribution in [3.63, 3.8) is 0 Å². The van der Waals surface area contributed by atoms with Gasteiger partial charge in [-0.1, -0.05) is 0 Å². The largest absolute Gasteiger partial charge is 0.444 e. The highest BCUT2D eigenvalue weighted by atomic mass is 16.6. The molecule has 28 heavy (non-hydrogen) atoms. The molecule has 2 unspecified atom stereocenters. The van der Waals surface area contributed by atoms with Crippen LogP contribution >= 0.6 is 0 Å². The minimum Gasteiger partial charge on any atom is -0.444 e. The van der Waals surface area contributed by atoms with E-state index in [0.717, 1.165) is 32.4 Å². The van der Waals surface area contributed by atoms with Gasteiger partial charge in [0.15, 0.2) is 5.96 Å². The highest BCUT2D eigenvalue weighted by Gasteiger charge is 2.28. The number of nitrogens with one attached hydrogen (secondary N) is 2. The third kappa shape index (κ3) is 7.53. The monoisotopic (exact) mass is 397 g/mol. The number of likely N-dealkylation sites (N-methyl/N-ethyl adjacent to an activating group) is 1. The molecule has 2 fully saturated rings. The number of hydrogen-bond acceptors (Lipinski definition) is 5. The molecule has 9 heteroatoms. The van der Waals surface area contributed by atoms with E-state index in [1.54, 1.807) is 14.1 Å². The number of amides is 2. The number of alkyl carbamates (subject to hydrolysis) is 1. The standard InChI is InChI=1S/C19H35N5O4/c1-19(2,3)28-18(26)22-14-8-9-24(13-14)17(21-12-16(25)23(4)5)20-11-15-7-6-10-27-15/h14-15H,6-13H2,1-5H3,(H,20,21)(H,22,26). The molecule has 0 aromatic heterocycles. The first-order valence-electron chi connectivity index (χ1n) is 9.98. The van der Waals surface area contributed by atoms with Gasteiger partial charge in [0.25, 0.3) is 0 Å². The predicted molar refractivity (Wildman–Crippen MR) is 107 cm³/mol. The van der Waals surface area contributed by atoms with Crippen LogP contribution in [-0.2, 0) is 14.3 Å². The first-order valence-corrected chi connectivity index (χ1v) is 9.98. The number of ether oxygens (including phenoxy) is 2. The van der Waals surface area contributed by atoms with Crippen LogP contribution in [0.25, 0.3) is 0 Å². The Morgan fingerprint density at radius 3 is 2.64 bits per heavy atom. The maximum Gasteiger partial charge on any atom is 0.407 e. The molecule has 2 saturated heterocycles. The number of carbonyl (C=O) groups excluding carboxylic acids is 2. The summed E-state index contributed by atoms with van der Waals surface area (Å²) in [5.41, 5.74) is -0.523. The van der Waals surface area contributed by atoms with Gasteiger partial charge in [-0.05, 0) is 40.0 Å². The van der Waals surface area contributed by atoms with Crippen molar-refractivity contribution in [3.05, 3.63) is 0 Å². The van der Waals surface area contributed by atoms with E-state index in [9.17, 15) is 9.59 Å². The van der Waals surface area contributed by atoms with E-state index < -0.39 is 11.7 Å². The maximum atomic E-state index is 12.0. The number of guanidine groups is 1. The lowest BCUT2D eigenvalue weighted by molar-refractivity contribution is -0.127. The second-order valence-corrected chi connectivity index (χ2v) is 8.52. The quantitative estimate of drug-likeness (QED) is 0.526. The van der Waals surface area contributed by atoms with Gasteiger partial charge in [-0.25, -0.2) is 9.79 Å². The van der Waals surface area contributed by atoms with Crippen molar-refractivity contribution in [2.45, 2.75) is 57.8 Å². The number of rotatable bonds is 5. The van der Waals surface area contributed by atoms with E-state index in [2.05, 4.69) is 20.5 Å². The Morgan fingerprint density at radius 2 is 2.04 bits per heavy atom. The molecule has 2 amide bonds. The molecule has 2 N–H and O–H groups in total. The third-order valence-electron chi connectivity index (χ3n) is 4.58. The van der Waals surface area contributed by atoms with Gasteiger partial charge in [0.1, 0.15) is 12.1 Å². The third-order valence-corrected chi connectivity index (χ3v) is 4.58. The van der Waals surface area contributed by atoms with Crippen molar-refractivity contribution in [2.24, 2.45) is 4.99 Å². The summed E-state index contributed by atoms with van der Waals surface area (Å²) >= 11 is 0. The smallest absolute Gasteiger partial charge is 0.407 e. The summed E-state index contributed by atoms with van der Waals surface area (Å²) in [5.74, 6) is 0.623. The van der Waals surface area contributed by atoms with Crippen molar-refractivity contribution in [2.75, 3.05) is 46.9 Å². The highest BCUT2D eigenvalue weighted by molar-refractivity contribution is 5.85. The normalized spacial score (nSPS) is 22.9. The molecular formula is C19H35N5O4. The summed E-state index contributed by atoms with van der Waals surface area (Å²) in [4.78, 5) is 32.1. The Balaban J connectivity index is 1.92. The van der Waals surface area contributed by atoms with Gasteiger partial charge in [0, 0.05) is 40.3 Å². The van der Waals surface area contributed by atoms with Gasteiger partial charge in [-0.2, -0.15) is 0 Å². The summed E-state index contributed by atoms with van der Waals surface area (Å²) < 4.78 is 11.0. The van der Waals surface area contributed by atoms with Gasteiger partial charge < -0.3 is 29.9 Å². The fourth-order valence-corrected chi connectivity index (χ4v) is 3.11. The second-order valence-electron chi connectivity index (χ2n) is 8.52. The molecule has 2 rings (SSSR count). The molecule has 2 heterocycles. The van der Waals surface area contributed by atoms with Crippen molar-refractivity contribution >= 4 is 18.0 Å². The lowest BCUT2D eigenvalue weighted by atomic mass is 10.2. The Kier molecular flexibility index (Phi) is 7.91. The lowest BCUT2D eigenvalue weighted by Crippen LogP contribution is -2.46. The molecule has 0 aromatic rings. The Hall–Kier alpha value is -2.03. The molecule has 0 aromatic carbocycles. The number of nitrogens with zero attached hydrogens (tertiary/aromatic N) is 3. The van der Waals surface area contributed by atoms with Crippen LogP contribution in [0.3, 0.4) is 0 Å². The van der Waals surface area contributed by atoms with Gasteiger partial charge >= 0.3 is 6.09 Å². The van der Waals surface area contributed by atoms with Crippen LogP contribution in [0.2, 0.25) is 0 Å². The van der Waals surface area contributed by atoms with Gasteiger partial charge in [0.05, 0.1) is 12.1 Å². The van der Waals surface area contributed by atoms with E-state index >= 15 is 0 Å². The number of hydrogen-bond donors (Lipinski definition) is 2. The van der Waals surface area contributed by atoms with Crippen LogP contribution in [0.5, 0.6) is 0 Å². The van der Waals surface area contributed by atoms with Crippen LogP contribution in [0.15, 0.2) is 4.99 Å². The molecular weight excluding hydrogens is 362 g/mol. The molecule has 2 atom stereocenters. The number of aliphatic imine (C=N–C) groups is 1. The topological polar surface area (TPSA) is 95.5 Å². The van der Waals surface area contributed by atoms with Gasteiger partial charge in [0.2, 0.25) is 5.91 Å². The van der Waals surface area contributed by atoms with Crippen LogP contribution in [0, 0.1) is 0 Å². The van der Waals surface area contributed by atoms with Crippen LogP contribution in [0.1, 0.15) is 40.0 Å². The Morgan fingerprint density at radius 1 is 1.29 bits per heavy atom. The fourth-order valence-electron chi connectivity index (χ4n) is 3.11. The van der Waals surface area contributed by atoms with Crippen LogP contribution < -0.4 is 10.6 Å². The fraction of sp³-hybridized carbons (Fsp3) is 0.842. The molecule has 0 aliphatic carbocycles. The van der Waals surface area contributed by atoms with Crippen molar-refractivity contribution in [1.29, 1.82) is 0 Å². The van der Waals surface area contributed by atoms with Gasteiger partial charge in [-0.15, -0.1) is 0 Å². The van der Waals surface area contributed by atoms with E-state index in [1.165, 1.54) is 4.90 Å². The first-order chi connectivity index (χ1) is 13.1. The highest BCUT2D eigenvalue weighted by Crippen LogP contribution is 2.14. The maximum absolute atomic E-state index is 12.0. The molecule has 0 spiro atoms. The van der Waals surface area contributed by atoms with E-state index in [0.29, 0.717) is 19.0 Å². The van der Waals surface area contributed by atoms with Crippen LogP contribution in [-0.4, -0.2) is 92.4 Å². The predicted octanol–water partition coefficient (Wildman–Crippen LogP) is 0.798. The minimum atomic E-state index is -0.523. The van der Waals surface area contributed by atoms with E-state index in [-0.39, 0.29) is 24.6 Å². The molecule has 2 aliphatic rings. The van der Waals surface area contributed by atoms with Crippen molar-refractivity contribution in [1.82, 2.24) is 20.4 Å². The molecule has 160 valence electrons. The Bertz CT molecular complexity index is 567. The molecule has 0 radical (unpaired) electrons. The second kappa shape index (κ2) is 9.95. The molecule has 2 aliphatic heterocycles. The van der Waals surface area contributed by atoms with Crippen molar-refractivity contribution in [3.8, 4) is 0 Å². The summed E-state index contributed by atoms with van der Waals surface area (Å²) in [5, 5.41) is 6.26. The first kappa shape index (κ1) is 22.3. The number of carbonyl (C=O) groups is 2. The molecule has 0 saturated carbocycles. The van der Waals surface area contributed by atoms with Crippen molar-refractivity contribution < 1.29 is 19.1 Å². The molecule has 9 nitrogen and oxygen atoms in total. The summed E-state index contributed by atoms with van der Waals surface area (Å²) in [6, 6.07) is -0.0193. The summed E-state index contributed by atoms with van der Waals surface area (Å²) in [6.45, 7) is 8.43. The zero-order valence-corrected chi connectivity index (χ0v) is 17.8. The lowest BCUT2D eigenvalue weighted by Gasteiger charge is -2.24. The average molecular weight is 398 g/mol. The molecule has 0 bridgehead atoms. The van der Waals surface area contributed by atoms with E-state index in [4.69, 9.17) is 9.47 Å². The average Bonchev–Trinajstić information content (AvgIpc) is 3.24.